The maximum atomic E-state index is 12.3. The zero-order valence-corrected chi connectivity index (χ0v) is 13.3. The van der Waals surface area contributed by atoms with Gasteiger partial charge in [-0.05, 0) is 13.8 Å². The molecule has 0 saturated carbocycles. The number of nitrogens with one attached hydrogen (secondary N) is 1. The van der Waals surface area contributed by atoms with Crippen molar-refractivity contribution in [2.75, 3.05) is 38.5 Å². The lowest BCUT2D eigenvalue weighted by Gasteiger charge is -2.38. The van der Waals surface area contributed by atoms with E-state index in [-0.39, 0.29) is 11.8 Å². The van der Waals surface area contributed by atoms with E-state index < -0.39 is 11.6 Å². The second-order valence-corrected chi connectivity index (χ2v) is 6.21. The number of carbonyl (C=O) groups excluding carboxylic acids is 2. The third-order valence-corrected chi connectivity index (χ3v) is 3.52. The number of β-amino-alcohol motifs (C(OH)–C–C–N with tert-alkyl or cyclic N) is 1. The van der Waals surface area contributed by atoms with E-state index in [0.717, 1.165) is 13.1 Å². The molecule has 6 nitrogen and oxygen atoms in total. The van der Waals surface area contributed by atoms with Gasteiger partial charge in [0.1, 0.15) is 6.04 Å². The van der Waals surface area contributed by atoms with Gasteiger partial charge in [0.15, 0.2) is 0 Å². The maximum absolute atomic E-state index is 12.3. The lowest BCUT2D eigenvalue weighted by molar-refractivity contribution is -0.137. The first-order valence-corrected chi connectivity index (χ1v) is 7.47. The van der Waals surface area contributed by atoms with Crippen LogP contribution in [0.1, 0.15) is 20.8 Å². The number of nitrogens with zero attached hydrogens (tertiary/aromatic N) is 2. The molecule has 0 aromatic carbocycles. The lowest BCUT2D eigenvalue weighted by atomic mass is 10.1. The molecule has 2 N–H and O–H groups in total. The second kappa shape index (κ2) is 7.28. The van der Waals surface area contributed by atoms with Crippen molar-refractivity contribution in [2.24, 2.45) is 0 Å². The average Bonchev–Trinajstić information content (AvgIpc) is 2.34. The number of hydrogen-bond donors (Lipinski definition) is 3. The topological polar surface area (TPSA) is 72.9 Å². The minimum Gasteiger partial charge on any atom is -0.389 e. The molecule has 7 heteroatoms. The Morgan fingerprint density at radius 3 is 2.25 bits per heavy atom. The molecule has 116 valence electrons. The van der Waals surface area contributed by atoms with Crippen molar-refractivity contribution >= 4 is 24.4 Å². The van der Waals surface area contributed by atoms with Gasteiger partial charge in [-0.15, -0.1) is 0 Å². The predicted octanol–water partition coefficient (Wildman–Crippen LogP) is -0.664. The van der Waals surface area contributed by atoms with Crippen molar-refractivity contribution in [3.63, 3.8) is 0 Å². The number of rotatable bonds is 5. The zero-order valence-electron chi connectivity index (χ0n) is 12.4. The van der Waals surface area contributed by atoms with Crippen LogP contribution in [0.15, 0.2) is 0 Å². The van der Waals surface area contributed by atoms with Crippen molar-refractivity contribution in [3.05, 3.63) is 0 Å². The van der Waals surface area contributed by atoms with Crippen LogP contribution in [0.4, 0.5) is 0 Å². The SMILES string of the molecule is CC(=O)NC(CS)C(=O)N1CCN(CC(C)(C)O)CC1. The molecule has 20 heavy (non-hydrogen) atoms. The Morgan fingerprint density at radius 2 is 1.85 bits per heavy atom. The van der Waals surface area contributed by atoms with Gasteiger partial charge in [0, 0.05) is 45.4 Å². The standard InChI is InChI=1S/C13H25N3O3S/c1-10(17)14-11(8-20)12(18)16-6-4-15(5-7-16)9-13(2,3)19/h11,19-20H,4-9H2,1-3H3,(H,14,17). The molecule has 0 aliphatic carbocycles. The number of amides is 2. The minimum atomic E-state index is -0.726. The van der Waals surface area contributed by atoms with Gasteiger partial charge in [-0.1, -0.05) is 0 Å². The molecule has 1 rings (SSSR count). The Labute approximate surface area is 125 Å². The average molecular weight is 303 g/mol. The van der Waals surface area contributed by atoms with Crippen LogP contribution in [0.2, 0.25) is 0 Å². The van der Waals surface area contributed by atoms with E-state index in [1.54, 1.807) is 18.7 Å². The third kappa shape index (κ3) is 5.68. The first-order valence-electron chi connectivity index (χ1n) is 6.84. The van der Waals surface area contributed by atoms with Crippen LogP contribution < -0.4 is 5.32 Å². The van der Waals surface area contributed by atoms with Crippen LogP contribution in [-0.4, -0.2) is 76.8 Å². The first kappa shape index (κ1) is 17.3. The van der Waals surface area contributed by atoms with Gasteiger partial charge < -0.3 is 15.3 Å². The highest BCUT2D eigenvalue weighted by atomic mass is 32.1. The van der Waals surface area contributed by atoms with Crippen LogP contribution in [0.3, 0.4) is 0 Å². The Kier molecular flexibility index (Phi) is 6.29. The van der Waals surface area contributed by atoms with Crippen molar-refractivity contribution in [1.82, 2.24) is 15.1 Å². The molecule has 1 unspecified atom stereocenters. The third-order valence-electron chi connectivity index (χ3n) is 3.15. The number of thiol groups is 1. The van der Waals surface area contributed by atoms with E-state index in [2.05, 4.69) is 22.8 Å². The molecule has 0 bridgehead atoms. The molecule has 0 aromatic rings. The summed E-state index contributed by atoms with van der Waals surface area (Å²) in [5.41, 5.74) is -0.726. The summed E-state index contributed by atoms with van der Waals surface area (Å²) in [6.45, 7) is 8.22. The molecular weight excluding hydrogens is 278 g/mol. The molecule has 1 aliphatic heterocycles. The van der Waals surface area contributed by atoms with E-state index in [1.165, 1.54) is 6.92 Å². The summed E-state index contributed by atoms with van der Waals surface area (Å²) < 4.78 is 0. The summed E-state index contributed by atoms with van der Waals surface area (Å²) in [4.78, 5) is 27.2. The number of piperazine rings is 1. The molecule has 1 heterocycles. The highest BCUT2D eigenvalue weighted by Crippen LogP contribution is 2.10. The van der Waals surface area contributed by atoms with Gasteiger partial charge in [0.25, 0.3) is 0 Å². The van der Waals surface area contributed by atoms with Gasteiger partial charge in [-0.3, -0.25) is 14.5 Å². The second-order valence-electron chi connectivity index (χ2n) is 5.85. The van der Waals surface area contributed by atoms with Gasteiger partial charge >= 0.3 is 0 Å². The minimum absolute atomic E-state index is 0.0851. The van der Waals surface area contributed by atoms with Crippen molar-refractivity contribution in [3.8, 4) is 0 Å². The molecular formula is C13H25N3O3S. The Morgan fingerprint density at radius 1 is 1.30 bits per heavy atom. The lowest BCUT2D eigenvalue weighted by Crippen LogP contribution is -2.56. The van der Waals surface area contributed by atoms with Crippen molar-refractivity contribution in [2.45, 2.75) is 32.4 Å². The molecule has 2 amide bonds. The summed E-state index contributed by atoms with van der Waals surface area (Å²) in [7, 11) is 0. The molecule has 1 fully saturated rings. The number of carbonyl (C=O) groups is 2. The monoisotopic (exact) mass is 303 g/mol. The highest BCUT2D eigenvalue weighted by molar-refractivity contribution is 7.80. The van der Waals surface area contributed by atoms with Crippen LogP contribution in [0.5, 0.6) is 0 Å². The number of hydrogen-bond acceptors (Lipinski definition) is 5. The first-order chi connectivity index (χ1) is 9.23. The molecule has 1 saturated heterocycles. The quantitative estimate of drug-likeness (QED) is 0.589. The summed E-state index contributed by atoms with van der Waals surface area (Å²) in [5.74, 6) is -0.0152. The van der Waals surface area contributed by atoms with Crippen LogP contribution in [0.25, 0.3) is 0 Å². The fourth-order valence-corrected chi connectivity index (χ4v) is 2.57. The van der Waals surface area contributed by atoms with Gasteiger partial charge in [-0.2, -0.15) is 12.6 Å². The largest absolute Gasteiger partial charge is 0.389 e. The van der Waals surface area contributed by atoms with Crippen molar-refractivity contribution in [1.29, 1.82) is 0 Å². The smallest absolute Gasteiger partial charge is 0.246 e. The fraction of sp³-hybridized carbons (Fsp3) is 0.846. The molecule has 1 atom stereocenters. The summed E-state index contributed by atoms with van der Waals surface area (Å²) in [6, 6.07) is -0.559. The van der Waals surface area contributed by atoms with Crippen LogP contribution in [-0.2, 0) is 9.59 Å². The van der Waals surface area contributed by atoms with Crippen LogP contribution in [0, 0.1) is 0 Å². The van der Waals surface area contributed by atoms with E-state index in [9.17, 15) is 14.7 Å². The summed E-state index contributed by atoms with van der Waals surface area (Å²) in [6.07, 6.45) is 0. The van der Waals surface area contributed by atoms with E-state index in [0.29, 0.717) is 25.4 Å². The summed E-state index contributed by atoms with van der Waals surface area (Å²) >= 11 is 4.12. The molecule has 0 aromatic heterocycles. The predicted molar refractivity (Wildman–Crippen MR) is 80.8 cm³/mol. The summed E-state index contributed by atoms with van der Waals surface area (Å²) in [5, 5.41) is 12.4. The highest BCUT2D eigenvalue weighted by Gasteiger charge is 2.28. The van der Waals surface area contributed by atoms with E-state index >= 15 is 0 Å². The van der Waals surface area contributed by atoms with Gasteiger partial charge in [0.05, 0.1) is 5.60 Å². The van der Waals surface area contributed by atoms with Gasteiger partial charge in [-0.25, -0.2) is 0 Å². The molecule has 0 radical (unpaired) electrons. The van der Waals surface area contributed by atoms with Crippen molar-refractivity contribution < 1.29 is 14.7 Å². The Hall–Kier alpha value is -0.790. The molecule has 1 aliphatic rings. The van der Waals surface area contributed by atoms with E-state index in [4.69, 9.17) is 0 Å². The zero-order chi connectivity index (χ0) is 15.3. The normalized spacial score (nSPS) is 18.8. The number of aliphatic hydroxyl groups is 1. The Bertz CT molecular complexity index is 349. The van der Waals surface area contributed by atoms with Crippen LogP contribution >= 0.6 is 12.6 Å². The Balaban J connectivity index is 2.47. The van der Waals surface area contributed by atoms with E-state index in [1.807, 2.05) is 0 Å². The molecule has 0 spiro atoms. The fourth-order valence-electron chi connectivity index (χ4n) is 2.32. The maximum Gasteiger partial charge on any atom is 0.246 e. The van der Waals surface area contributed by atoms with Gasteiger partial charge in [0.2, 0.25) is 11.8 Å².